The third-order valence-electron chi connectivity index (χ3n) is 6.63. The van der Waals surface area contributed by atoms with Gasteiger partial charge >= 0.3 is 0 Å². The summed E-state index contributed by atoms with van der Waals surface area (Å²) in [6.45, 7) is 2.77. The summed E-state index contributed by atoms with van der Waals surface area (Å²) >= 11 is 0. The van der Waals surface area contributed by atoms with Crippen LogP contribution in [0.4, 0.5) is 11.4 Å². The van der Waals surface area contributed by atoms with Crippen molar-refractivity contribution in [1.82, 2.24) is 15.2 Å². The molecule has 40 heavy (non-hydrogen) atoms. The van der Waals surface area contributed by atoms with E-state index in [2.05, 4.69) is 67.4 Å². The summed E-state index contributed by atoms with van der Waals surface area (Å²) in [5.41, 5.74) is 6.40. The predicted octanol–water partition coefficient (Wildman–Crippen LogP) is 5.83. The number of hydrogen-bond acceptors (Lipinski definition) is 7. The van der Waals surface area contributed by atoms with Gasteiger partial charge in [0.2, 0.25) is 0 Å². The Hall–Kier alpha value is -4.56. The fraction of sp³-hybridized carbons (Fsp3) is 0.250. The van der Waals surface area contributed by atoms with Crippen molar-refractivity contribution in [2.24, 2.45) is 0 Å². The van der Waals surface area contributed by atoms with E-state index in [0.29, 0.717) is 26.4 Å². The quantitative estimate of drug-likeness (QED) is 0.189. The fourth-order valence-electron chi connectivity index (χ4n) is 4.52. The van der Waals surface area contributed by atoms with Gasteiger partial charge in [-0.25, -0.2) is 0 Å². The van der Waals surface area contributed by atoms with Crippen LogP contribution in [0.15, 0.2) is 91.3 Å². The van der Waals surface area contributed by atoms with E-state index in [4.69, 9.17) is 14.2 Å². The molecule has 0 saturated heterocycles. The molecule has 0 bridgehead atoms. The van der Waals surface area contributed by atoms with E-state index in [0.717, 1.165) is 51.6 Å². The second-order valence-electron chi connectivity index (χ2n) is 9.80. The first kappa shape index (κ1) is 27.0. The van der Waals surface area contributed by atoms with Gasteiger partial charge in [-0.1, -0.05) is 30.3 Å². The number of nitrogens with zero attached hydrogens (tertiary/aromatic N) is 4. The standard InChI is InChI=1S/C32H35N5O3/c1-36(2)28-7-5-9-31(19-28)40-15-14-39-23-27-18-29(12-13-33-27)37(21-24-6-4-8-30(16-24)38-3)22-25-10-11-26-20-34-35-32(26)17-25/h4-13,16-20H,14-15,21-23H2,1-3H3,(H,34,35). The van der Waals surface area contributed by atoms with Gasteiger partial charge < -0.3 is 24.0 Å². The van der Waals surface area contributed by atoms with Gasteiger partial charge in [-0.3, -0.25) is 10.1 Å². The van der Waals surface area contributed by atoms with Crippen molar-refractivity contribution in [1.29, 1.82) is 0 Å². The van der Waals surface area contributed by atoms with Gasteiger partial charge in [0.25, 0.3) is 0 Å². The Bertz CT molecular complexity index is 1530. The highest BCUT2D eigenvalue weighted by Crippen LogP contribution is 2.24. The van der Waals surface area contributed by atoms with Gasteiger partial charge in [0.05, 0.1) is 37.7 Å². The van der Waals surface area contributed by atoms with Crippen molar-refractivity contribution in [2.75, 3.05) is 44.2 Å². The number of nitrogens with one attached hydrogen (secondary N) is 1. The molecule has 8 nitrogen and oxygen atoms in total. The maximum atomic E-state index is 5.92. The molecular weight excluding hydrogens is 502 g/mol. The van der Waals surface area contributed by atoms with E-state index in [-0.39, 0.29) is 0 Å². The van der Waals surface area contributed by atoms with Crippen LogP contribution in [0.2, 0.25) is 0 Å². The SMILES string of the molecule is COc1cccc(CN(Cc2ccc3cn[nH]c3c2)c2ccnc(COCCOc3cccc(N(C)C)c3)c2)c1. The molecule has 3 aromatic carbocycles. The van der Waals surface area contributed by atoms with Gasteiger partial charge in [0.1, 0.15) is 18.1 Å². The lowest BCUT2D eigenvalue weighted by Gasteiger charge is -2.26. The summed E-state index contributed by atoms with van der Waals surface area (Å²) in [4.78, 5) is 8.94. The molecule has 2 heterocycles. The van der Waals surface area contributed by atoms with Crippen LogP contribution in [0.3, 0.4) is 0 Å². The minimum Gasteiger partial charge on any atom is -0.497 e. The maximum absolute atomic E-state index is 5.92. The smallest absolute Gasteiger partial charge is 0.121 e. The highest BCUT2D eigenvalue weighted by molar-refractivity contribution is 5.78. The van der Waals surface area contributed by atoms with E-state index in [1.54, 1.807) is 7.11 Å². The Morgan fingerprint density at radius 3 is 2.48 bits per heavy atom. The average molecular weight is 538 g/mol. The van der Waals surface area contributed by atoms with Gasteiger partial charge in [-0.05, 0) is 53.6 Å². The van der Waals surface area contributed by atoms with Gasteiger partial charge in [0.15, 0.2) is 0 Å². The number of anilines is 2. The molecule has 0 aliphatic rings. The van der Waals surface area contributed by atoms with Crippen LogP contribution in [-0.4, -0.2) is 49.6 Å². The van der Waals surface area contributed by atoms with Crippen molar-refractivity contribution in [3.05, 3.63) is 108 Å². The Labute approximate surface area is 235 Å². The third kappa shape index (κ3) is 7.09. The molecule has 206 valence electrons. The van der Waals surface area contributed by atoms with E-state index >= 15 is 0 Å². The number of fused-ring (bicyclic) bond motifs is 1. The summed E-state index contributed by atoms with van der Waals surface area (Å²) in [6.07, 6.45) is 3.68. The van der Waals surface area contributed by atoms with E-state index in [9.17, 15) is 0 Å². The molecule has 0 amide bonds. The number of hydrogen-bond donors (Lipinski definition) is 1. The molecule has 0 spiro atoms. The first-order chi connectivity index (χ1) is 19.6. The summed E-state index contributed by atoms with van der Waals surface area (Å²) in [5, 5.41) is 8.33. The summed E-state index contributed by atoms with van der Waals surface area (Å²) in [5.74, 6) is 1.67. The van der Waals surface area contributed by atoms with Crippen LogP contribution >= 0.6 is 0 Å². The average Bonchev–Trinajstić information content (AvgIpc) is 3.45. The van der Waals surface area contributed by atoms with Crippen molar-refractivity contribution >= 4 is 22.3 Å². The Kier molecular flexibility index (Phi) is 8.78. The highest BCUT2D eigenvalue weighted by atomic mass is 16.5. The molecule has 5 aromatic rings. The number of ether oxygens (including phenoxy) is 3. The van der Waals surface area contributed by atoms with Crippen LogP contribution in [0.1, 0.15) is 16.8 Å². The monoisotopic (exact) mass is 537 g/mol. The maximum Gasteiger partial charge on any atom is 0.121 e. The van der Waals surface area contributed by atoms with E-state index in [1.165, 1.54) is 5.56 Å². The molecule has 0 aliphatic carbocycles. The topological polar surface area (TPSA) is 75.7 Å². The zero-order valence-corrected chi connectivity index (χ0v) is 23.2. The lowest BCUT2D eigenvalue weighted by atomic mass is 10.1. The number of H-pyrrole nitrogens is 1. The minimum absolute atomic E-state index is 0.405. The van der Waals surface area contributed by atoms with Crippen molar-refractivity contribution in [3.63, 3.8) is 0 Å². The zero-order chi connectivity index (χ0) is 27.7. The van der Waals surface area contributed by atoms with Crippen LogP contribution in [-0.2, 0) is 24.4 Å². The molecule has 0 saturated carbocycles. The predicted molar refractivity (Wildman–Crippen MR) is 159 cm³/mol. The lowest BCUT2D eigenvalue weighted by Crippen LogP contribution is -2.22. The Balaban J connectivity index is 1.25. The molecule has 0 atom stereocenters. The first-order valence-electron chi connectivity index (χ1n) is 13.3. The van der Waals surface area contributed by atoms with E-state index < -0.39 is 0 Å². The molecule has 0 radical (unpaired) electrons. The van der Waals surface area contributed by atoms with Gasteiger partial charge in [-0.2, -0.15) is 5.10 Å². The molecule has 0 unspecified atom stereocenters. The van der Waals surface area contributed by atoms with Crippen LogP contribution in [0.25, 0.3) is 10.9 Å². The molecule has 2 aromatic heterocycles. The first-order valence-corrected chi connectivity index (χ1v) is 13.3. The number of aromatic nitrogens is 3. The molecular formula is C32H35N5O3. The number of rotatable bonds is 13. The largest absolute Gasteiger partial charge is 0.497 e. The molecule has 5 rings (SSSR count). The van der Waals surface area contributed by atoms with Gasteiger partial charge in [-0.15, -0.1) is 0 Å². The molecule has 8 heteroatoms. The number of benzene rings is 3. The summed E-state index contributed by atoms with van der Waals surface area (Å²) in [6, 6.07) is 26.7. The third-order valence-corrected chi connectivity index (χ3v) is 6.63. The van der Waals surface area contributed by atoms with Crippen LogP contribution in [0.5, 0.6) is 11.5 Å². The fourth-order valence-corrected chi connectivity index (χ4v) is 4.52. The number of pyridine rings is 1. The lowest BCUT2D eigenvalue weighted by molar-refractivity contribution is 0.0870. The second-order valence-corrected chi connectivity index (χ2v) is 9.80. The molecule has 0 fully saturated rings. The number of methoxy groups -OCH3 is 1. The van der Waals surface area contributed by atoms with Crippen molar-refractivity contribution < 1.29 is 14.2 Å². The summed E-state index contributed by atoms with van der Waals surface area (Å²) < 4.78 is 17.3. The molecule has 0 aliphatic heterocycles. The summed E-state index contributed by atoms with van der Waals surface area (Å²) in [7, 11) is 5.72. The van der Waals surface area contributed by atoms with Crippen LogP contribution in [0, 0.1) is 0 Å². The van der Waals surface area contributed by atoms with Crippen molar-refractivity contribution in [3.8, 4) is 11.5 Å². The van der Waals surface area contributed by atoms with Gasteiger partial charge in [0, 0.05) is 56.2 Å². The second kappa shape index (κ2) is 13.0. The zero-order valence-electron chi connectivity index (χ0n) is 23.2. The highest BCUT2D eigenvalue weighted by Gasteiger charge is 2.12. The Morgan fingerprint density at radius 2 is 1.62 bits per heavy atom. The van der Waals surface area contributed by atoms with Crippen LogP contribution < -0.4 is 19.3 Å². The Morgan fingerprint density at radius 1 is 0.800 bits per heavy atom. The van der Waals surface area contributed by atoms with Crippen molar-refractivity contribution in [2.45, 2.75) is 19.7 Å². The number of aromatic amines is 1. The normalized spacial score (nSPS) is 11.0. The molecule has 1 N–H and O–H groups in total. The minimum atomic E-state index is 0.405. The van der Waals surface area contributed by atoms with E-state index in [1.807, 2.05) is 62.9 Å².